The second-order valence-corrected chi connectivity index (χ2v) is 15.6. The van der Waals surface area contributed by atoms with Crippen LogP contribution in [0.25, 0.3) is 44.1 Å². The van der Waals surface area contributed by atoms with Crippen molar-refractivity contribution >= 4 is 23.2 Å². The fourth-order valence-electron chi connectivity index (χ4n) is 7.31. The first-order valence-electron chi connectivity index (χ1n) is 18.8. The fraction of sp³-hybridized carbons (Fsp3) is 0.381. The minimum Gasteiger partial charge on any atom is -0.372 e. The molecule has 2 fully saturated rings. The van der Waals surface area contributed by atoms with Gasteiger partial charge in [-0.3, -0.25) is 9.97 Å². The van der Waals surface area contributed by atoms with Crippen LogP contribution in [0.1, 0.15) is 55.4 Å². The zero-order valence-electron chi connectivity index (χ0n) is 33.0. The molecule has 4 atom stereocenters. The second-order valence-electron chi connectivity index (χ2n) is 14.5. The molecule has 4 unspecified atom stereocenters. The molecule has 13 nitrogen and oxygen atoms in total. The lowest BCUT2D eigenvalue weighted by atomic mass is 10.00. The fourth-order valence-corrected chi connectivity index (χ4v) is 8.11. The Morgan fingerprint density at radius 3 is 1.62 bits per heavy atom. The Morgan fingerprint density at radius 2 is 1.18 bits per heavy atom. The number of anilines is 2. The Hall–Kier alpha value is -5.62. The van der Waals surface area contributed by atoms with Crippen molar-refractivity contribution in [2.45, 2.75) is 79.8 Å². The summed E-state index contributed by atoms with van der Waals surface area (Å²) in [5.74, 6) is 2.14. The Morgan fingerprint density at radius 1 is 0.679 bits per heavy atom. The van der Waals surface area contributed by atoms with Gasteiger partial charge >= 0.3 is 0 Å². The number of nitrogens with zero attached hydrogens (tertiary/aromatic N) is 10. The summed E-state index contributed by atoms with van der Waals surface area (Å²) in [7, 11) is 0. The van der Waals surface area contributed by atoms with E-state index in [1.54, 1.807) is 12.4 Å². The van der Waals surface area contributed by atoms with Crippen molar-refractivity contribution in [3.05, 3.63) is 88.9 Å². The van der Waals surface area contributed by atoms with Gasteiger partial charge < -0.3 is 23.8 Å². The standard InChI is InChI=1S/C21H25N5O2.C21H21N5OS/c1-12-8-17(6-7-22-12)18-9-23-21(26-10-13(2)27-14(3)11-26)24-20(18)19-15(4)25-28-16(19)5;1-13-8-16(6-7-23-13)18-10-24-21(26-11-14(2)27-15(3)12-26)25-20(18)19-5-4-17(9-22)28-19/h6-9,13-14H,10-11H2,1-5H3;4-8,10,14-15H,11-12H2,1-3H3. The number of rotatable bonds is 6. The summed E-state index contributed by atoms with van der Waals surface area (Å²) in [6.45, 7) is 19.1. The van der Waals surface area contributed by atoms with Crippen molar-refractivity contribution in [2.24, 2.45) is 0 Å². The molecule has 56 heavy (non-hydrogen) atoms. The summed E-state index contributed by atoms with van der Waals surface area (Å²) in [6, 6.07) is 14.0. The third kappa shape index (κ3) is 8.60. The van der Waals surface area contributed by atoms with Gasteiger partial charge in [0.25, 0.3) is 0 Å². The largest absolute Gasteiger partial charge is 0.372 e. The van der Waals surface area contributed by atoms with E-state index in [0.717, 1.165) is 93.1 Å². The highest BCUT2D eigenvalue weighted by Gasteiger charge is 2.28. The molecule has 0 aromatic carbocycles. The zero-order valence-corrected chi connectivity index (χ0v) is 33.8. The molecule has 8 heterocycles. The molecule has 0 spiro atoms. The van der Waals surface area contributed by atoms with Crippen LogP contribution in [0.4, 0.5) is 11.9 Å². The maximum Gasteiger partial charge on any atom is 0.226 e. The van der Waals surface area contributed by atoms with Crippen LogP contribution in [0, 0.1) is 39.0 Å². The molecule has 14 heteroatoms. The predicted molar refractivity (Wildman–Crippen MR) is 217 cm³/mol. The van der Waals surface area contributed by atoms with Crippen LogP contribution < -0.4 is 9.80 Å². The lowest BCUT2D eigenvalue weighted by Crippen LogP contribution is -2.46. The van der Waals surface area contributed by atoms with Crippen LogP contribution in [-0.2, 0) is 9.47 Å². The molecule has 288 valence electrons. The molecule has 0 saturated carbocycles. The topological polar surface area (TPSA) is 152 Å². The number of thiophene rings is 1. The molecule has 8 rings (SSSR count). The minimum atomic E-state index is 0.130. The SMILES string of the molecule is Cc1cc(-c2cnc(N3CC(C)OC(C)C3)nc2-c2c(C)noc2C)ccn1.Cc1cc(-c2cnc(N3CC(C)OC(C)C3)nc2-c2ccc(C#N)s2)ccn1. The van der Waals surface area contributed by atoms with E-state index in [1.807, 2.05) is 76.5 Å². The molecule has 0 aliphatic carbocycles. The van der Waals surface area contributed by atoms with Crippen LogP contribution in [0.5, 0.6) is 0 Å². The normalized spacial score (nSPS) is 19.6. The van der Waals surface area contributed by atoms with E-state index in [-0.39, 0.29) is 24.4 Å². The smallest absolute Gasteiger partial charge is 0.226 e. The first-order chi connectivity index (χ1) is 26.9. The third-order valence-corrected chi connectivity index (χ3v) is 10.6. The van der Waals surface area contributed by atoms with Gasteiger partial charge in [-0.1, -0.05) is 5.16 Å². The molecule has 6 aromatic heterocycles. The van der Waals surface area contributed by atoms with Gasteiger partial charge in [0, 0.05) is 73.5 Å². The summed E-state index contributed by atoms with van der Waals surface area (Å²) in [6.07, 6.45) is 7.90. The van der Waals surface area contributed by atoms with Crippen LogP contribution in [0.15, 0.2) is 65.7 Å². The molecule has 2 saturated heterocycles. The minimum absolute atomic E-state index is 0.130. The van der Waals surface area contributed by atoms with Crippen molar-refractivity contribution in [3.8, 4) is 50.2 Å². The monoisotopic (exact) mass is 770 g/mol. The van der Waals surface area contributed by atoms with E-state index >= 15 is 0 Å². The van der Waals surface area contributed by atoms with E-state index in [0.29, 0.717) is 16.8 Å². The van der Waals surface area contributed by atoms with E-state index in [9.17, 15) is 5.26 Å². The van der Waals surface area contributed by atoms with Crippen molar-refractivity contribution in [3.63, 3.8) is 0 Å². The molecular weight excluding hydrogens is 725 g/mol. The van der Waals surface area contributed by atoms with Crippen LogP contribution >= 0.6 is 11.3 Å². The summed E-state index contributed by atoms with van der Waals surface area (Å²) >= 11 is 1.45. The highest BCUT2D eigenvalue weighted by Crippen LogP contribution is 2.37. The van der Waals surface area contributed by atoms with Gasteiger partial charge in [-0.2, -0.15) is 5.26 Å². The third-order valence-electron chi connectivity index (χ3n) is 9.59. The van der Waals surface area contributed by atoms with Crippen molar-refractivity contribution in [1.29, 1.82) is 5.26 Å². The number of aromatic nitrogens is 7. The lowest BCUT2D eigenvalue weighted by Gasteiger charge is -2.35. The van der Waals surface area contributed by atoms with E-state index < -0.39 is 0 Å². The number of morpholine rings is 2. The van der Waals surface area contributed by atoms with Gasteiger partial charge in [-0.25, -0.2) is 19.9 Å². The van der Waals surface area contributed by atoms with E-state index in [2.05, 4.69) is 63.7 Å². The Kier molecular flexibility index (Phi) is 11.5. The molecule has 0 radical (unpaired) electrons. The van der Waals surface area contributed by atoms with Gasteiger partial charge in [-0.05, 0) is 103 Å². The quantitative estimate of drug-likeness (QED) is 0.162. The van der Waals surface area contributed by atoms with Crippen molar-refractivity contribution in [2.75, 3.05) is 36.0 Å². The summed E-state index contributed by atoms with van der Waals surface area (Å²) in [5, 5.41) is 13.4. The first-order valence-corrected chi connectivity index (χ1v) is 19.6. The molecule has 6 aromatic rings. The molecule has 2 aliphatic heterocycles. The van der Waals surface area contributed by atoms with Crippen LogP contribution in [-0.4, -0.2) is 85.7 Å². The van der Waals surface area contributed by atoms with E-state index in [4.69, 9.17) is 28.9 Å². The van der Waals surface area contributed by atoms with Gasteiger partial charge in [0.2, 0.25) is 11.9 Å². The number of hydrogen-bond acceptors (Lipinski definition) is 14. The van der Waals surface area contributed by atoms with Gasteiger partial charge in [0.05, 0.1) is 51.9 Å². The molecule has 0 amide bonds. The number of hydrogen-bond donors (Lipinski definition) is 0. The highest BCUT2D eigenvalue weighted by molar-refractivity contribution is 7.16. The van der Waals surface area contributed by atoms with Crippen LogP contribution in [0.2, 0.25) is 0 Å². The molecular formula is C42H46N10O3S. The summed E-state index contributed by atoms with van der Waals surface area (Å²) < 4.78 is 17.1. The van der Waals surface area contributed by atoms with Gasteiger partial charge in [0.15, 0.2) is 0 Å². The zero-order chi connectivity index (χ0) is 39.5. The van der Waals surface area contributed by atoms with Gasteiger partial charge in [0.1, 0.15) is 16.7 Å². The lowest BCUT2D eigenvalue weighted by molar-refractivity contribution is -0.00597. The Balaban J connectivity index is 0.000000172. The van der Waals surface area contributed by atoms with Gasteiger partial charge in [-0.15, -0.1) is 11.3 Å². The summed E-state index contributed by atoms with van der Waals surface area (Å²) in [4.78, 5) is 33.8. The van der Waals surface area contributed by atoms with Crippen molar-refractivity contribution in [1.82, 2.24) is 35.1 Å². The molecule has 2 aliphatic rings. The summed E-state index contributed by atoms with van der Waals surface area (Å²) in [5.41, 5.74) is 9.22. The number of nitriles is 1. The van der Waals surface area contributed by atoms with Crippen molar-refractivity contribution < 1.29 is 14.0 Å². The molecule has 0 bridgehead atoms. The highest BCUT2D eigenvalue weighted by atomic mass is 32.1. The maximum absolute atomic E-state index is 9.23. The Labute approximate surface area is 331 Å². The number of pyridine rings is 2. The average molecular weight is 771 g/mol. The average Bonchev–Trinajstić information content (AvgIpc) is 3.79. The first kappa shape index (κ1) is 38.6. The number of aryl methyl sites for hydroxylation is 4. The van der Waals surface area contributed by atoms with E-state index in [1.165, 1.54) is 11.3 Å². The predicted octanol–water partition coefficient (Wildman–Crippen LogP) is 7.79. The molecule has 0 N–H and O–H groups in total. The second kappa shape index (κ2) is 16.6. The van der Waals surface area contributed by atoms with Crippen LogP contribution in [0.3, 0.4) is 0 Å². The maximum atomic E-state index is 9.23. The number of ether oxygens (including phenoxy) is 2. The Bertz CT molecular complexity index is 2330.